The van der Waals surface area contributed by atoms with Crippen molar-refractivity contribution in [3.8, 4) is 0 Å². The number of anilines is 3. The molecule has 152 valence electrons. The van der Waals surface area contributed by atoms with Gasteiger partial charge in [-0.15, -0.1) is 0 Å². The molecule has 0 aliphatic heterocycles. The molecule has 3 aromatic carbocycles. The van der Waals surface area contributed by atoms with Gasteiger partial charge in [0.1, 0.15) is 0 Å². The van der Waals surface area contributed by atoms with E-state index in [1.807, 2.05) is 6.07 Å². The summed E-state index contributed by atoms with van der Waals surface area (Å²) in [6, 6.07) is 18.3. The van der Waals surface area contributed by atoms with E-state index in [4.69, 9.17) is 23.2 Å². The van der Waals surface area contributed by atoms with E-state index in [0.29, 0.717) is 26.8 Å². The van der Waals surface area contributed by atoms with Gasteiger partial charge in [0, 0.05) is 9.50 Å². The van der Waals surface area contributed by atoms with Gasteiger partial charge in [-0.2, -0.15) is 0 Å². The number of para-hydroxylation sites is 2. The van der Waals surface area contributed by atoms with Crippen molar-refractivity contribution in [1.82, 2.24) is 9.97 Å². The fourth-order valence-corrected chi connectivity index (χ4v) is 4.41. The Hall–Kier alpha value is -2.39. The van der Waals surface area contributed by atoms with E-state index in [9.17, 15) is 8.42 Å². The summed E-state index contributed by atoms with van der Waals surface area (Å²) in [5.74, 6) is 0.251. The Bertz CT molecular complexity index is 1350. The van der Waals surface area contributed by atoms with Gasteiger partial charge in [-0.3, -0.25) is 4.72 Å². The van der Waals surface area contributed by atoms with Crippen molar-refractivity contribution in [2.45, 2.75) is 4.90 Å². The Morgan fingerprint density at radius 1 is 0.833 bits per heavy atom. The van der Waals surface area contributed by atoms with Crippen LogP contribution in [0.5, 0.6) is 0 Å². The molecule has 0 saturated heterocycles. The second kappa shape index (κ2) is 8.39. The average molecular weight is 524 g/mol. The van der Waals surface area contributed by atoms with E-state index in [1.54, 1.807) is 48.5 Å². The molecule has 30 heavy (non-hydrogen) atoms. The fourth-order valence-electron chi connectivity index (χ4n) is 2.68. The Balaban J connectivity index is 1.79. The van der Waals surface area contributed by atoms with Crippen LogP contribution in [0.2, 0.25) is 10.0 Å². The monoisotopic (exact) mass is 522 g/mol. The highest BCUT2D eigenvalue weighted by molar-refractivity contribution is 9.10. The van der Waals surface area contributed by atoms with Crippen LogP contribution in [0.1, 0.15) is 0 Å². The molecule has 1 aromatic heterocycles. The first kappa shape index (κ1) is 20.9. The van der Waals surface area contributed by atoms with Crippen LogP contribution in [0, 0.1) is 0 Å². The van der Waals surface area contributed by atoms with Crippen LogP contribution in [0.25, 0.3) is 11.0 Å². The number of benzene rings is 3. The molecule has 0 radical (unpaired) electrons. The number of hydrogen-bond donors (Lipinski definition) is 2. The summed E-state index contributed by atoms with van der Waals surface area (Å²) in [5.41, 5.74) is 1.64. The molecule has 6 nitrogen and oxygen atoms in total. The lowest BCUT2D eigenvalue weighted by molar-refractivity contribution is 0.601. The standard InChI is InChI=1S/C20H13BrCl2N4O2S/c21-12-5-8-14(9-6-12)30(28,29)27-20-19(24-16-10-7-13(22)11-15(16)23)25-17-3-1-2-4-18(17)26-20/h1-11H,(H,24,25)(H,26,27). The molecule has 1 heterocycles. The summed E-state index contributed by atoms with van der Waals surface area (Å²) in [6.07, 6.45) is 0. The van der Waals surface area contributed by atoms with E-state index in [2.05, 4.69) is 35.9 Å². The third kappa shape index (κ3) is 4.52. The van der Waals surface area contributed by atoms with Gasteiger partial charge in [-0.25, -0.2) is 18.4 Å². The minimum absolute atomic E-state index is 0.0441. The second-order valence-electron chi connectivity index (χ2n) is 6.22. The second-order valence-corrected chi connectivity index (χ2v) is 9.66. The van der Waals surface area contributed by atoms with Crippen LogP contribution < -0.4 is 10.0 Å². The smallest absolute Gasteiger partial charge is 0.263 e. The fraction of sp³-hybridized carbons (Fsp3) is 0. The number of fused-ring (bicyclic) bond motifs is 1. The topological polar surface area (TPSA) is 84.0 Å². The van der Waals surface area contributed by atoms with E-state index < -0.39 is 10.0 Å². The molecule has 0 aliphatic rings. The molecule has 0 bridgehead atoms. The molecule has 4 rings (SSSR count). The van der Waals surface area contributed by atoms with E-state index >= 15 is 0 Å². The van der Waals surface area contributed by atoms with Crippen LogP contribution in [0.3, 0.4) is 0 Å². The molecular formula is C20H13BrCl2N4O2S. The maximum absolute atomic E-state index is 12.9. The zero-order valence-corrected chi connectivity index (χ0v) is 19.0. The number of rotatable bonds is 5. The molecule has 0 spiro atoms. The van der Waals surface area contributed by atoms with Crippen LogP contribution in [-0.2, 0) is 10.0 Å². The molecule has 0 fully saturated rings. The molecule has 0 amide bonds. The van der Waals surface area contributed by atoms with Crippen molar-refractivity contribution in [3.05, 3.63) is 81.2 Å². The Morgan fingerprint density at radius 2 is 1.47 bits per heavy atom. The minimum Gasteiger partial charge on any atom is -0.336 e. The van der Waals surface area contributed by atoms with Gasteiger partial charge in [0.15, 0.2) is 11.6 Å². The molecule has 4 aromatic rings. The van der Waals surface area contributed by atoms with Crippen molar-refractivity contribution in [2.75, 3.05) is 10.0 Å². The summed E-state index contributed by atoms with van der Waals surface area (Å²) in [7, 11) is -3.90. The predicted molar refractivity (Wildman–Crippen MR) is 124 cm³/mol. The SMILES string of the molecule is O=S(=O)(Nc1nc2ccccc2nc1Nc1ccc(Cl)cc1Cl)c1ccc(Br)cc1. The van der Waals surface area contributed by atoms with Crippen molar-refractivity contribution in [2.24, 2.45) is 0 Å². The van der Waals surface area contributed by atoms with Gasteiger partial charge in [-0.1, -0.05) is 51.3 Å². The first-order valence-corrected chi connectivity index (χ1v) is 11.6. The van der Waals surface area contributed by atoms with Crippen LogP contribution in [0.4, 0.5) is 17.3 Å². The quantitative estimate of drug-likeness (QED) is 0.323. The lowest BCUT2D eigenvalue weighted by atomic mass is 10.3. The van der Waals surface area contributed by atoms with Crippen molar-refractivity contribution < 1.29 is 8.42 Å². The van der Waals surface area contributed by atoms with Gasteiger partial charge >= 0.3 is 0 Å². The van der Waals surface area contributed by atoms with E-state index in [1.165, 1.54) is 12.1 Å². The third-order valence-corrected chi connectivity index (χ3v) is 6.54. The Labute approximate surface area is 191 Å². The summed E-state index contributed by atoms with van der Waals surface area (Å²) in [5, 5.41) is 3.88. The Morgan fingerprint density at radius 3 is 2.10 bits per heavy atom. The number of halogens is 3. The average Bonchev–Trinajstić information content (AvgIpc) is 2.70. The molecule has 0 aliphatic carbocycles. The van der Waals surface area contributed by atoms with Crippen molar-refractivity contribution in [1.29, 1.82) is 0 Å². The molecular weight excluding hydrogens is 511 g/mol. The number of hydrogen-bond acceptors (Lipinski definition) is 5. The molecule has 0 atom stereocenters. The number of nitrogens with one attached hydrogen (secondary N) is 2. The zero-order chi connectivity index (χ0) is 21.3. The zero-order valence-electron chi connectivity index (χ0n) is 15.1. The maximum atomic E-state index is 12.9. The first-order valence-electron chi connectivity index (χ1n) is 8.59. The number of nitrogens with zero attached hydrogens (tertiary/aromatic N) is 2. The van der Waals surface area contributed by atoms with Gasteiger partial charge in [0.05, 0.1) is 26.6 Å². The molecule has 2 N–H and O–H groups in total. The van der Waals surface area contributed by atoms with Crippen LogP contribution >= 0.6 is 39.1 Å². The summed E-state index contributed by atoms with van der Waals surface area (Å²) in [6.45, 7) is 0. The lowest BCUT2D eigenvalue weighted by Gasteiger charge is -2.14. The summed E-state index contributed by atoms with van der Waals surface area (Å²) in [4.78, 5) is 9.07. The third-order valence-electron chi connectivity index (χ3n) is 4.11. The number of aromatic nitrogens is 2. The number of sulfonamides is 1. The van der Waals surface area contributed by atoms with Gasteiger partial charge in [-0.05, 0) is 54.6 Å². The highest BCUT2D eigenvalue weighted by Crippen LogP contribution is 2.32. The van der Waals surface area contributed by atoms with Crippen molar-refractivity contribution in [3.63, 3.8) is 0 Å². The van der Waals surface area contributed by atoms with Gasteiger partial charge in [0.25, 0.3) is 10.0 Å². The Kier molecular flexibility index (Phi) is 5.84. The van der Waals surface area contributed by atoms with Crippen molar-refractivity contribution >= 4 is 77.5 Å². The molecule has 10 heteroatoms. The van der Waals surface area contributed by atoms with E-state index in [-0.39, 0.29) is 16.5 Å². The normalized spacial score (nSPS) is 11.4. The summed E-state index contributed by atoms with van der Waals surface area (Å²) >= 11 is 15.5. The summed E-state index contributed by atoms with van der Waals surface area (Å²) < 4.78 is 29.1. The van der Waals surface area contributed by atoms with Crippen LogP contribution in [-0.4, -0.2) is 18.4 Å². The van der Waals surface area contributed by atoms with E-state index in [0.717, 1.165) is 4.47 Å². The van der Waals surface area contributed by atoms with Crippen LogP contribution in [0.15, 0.2) is 76.1 Å². The molecule has 0 saturated carbocycles. The molecule has 0 unspecified atom stereocenters. The first-order chi connectivity index (χ1) is 14.3. The lowest BCUT2D eigenvalue weighted by Crippen LogP contribution is -2.16. The van der Waals surface area contributed by atoms with Gasteiger partial charge in [0.2, 0.25) is 0 Å². The maximum Gasteiger partial charge on any atom is 0.263 e. The highest BCUT2D eigenvalue weighted by Gasteiger charge is 2.19. The predicted octanol–water partition coefficient (Wildman–Crippen LogP) is 6.24. The largest absolute Gasteiger partial charge is 0.336 e. The highest BCUT2D eigenvalue weighted by atomic mass is 79.9. The van der Waals surface area contributed by atoms with Gasteiger partial charge < -0.3 is 5.32 Å². The minimum atomic E-state index is -3.90.